The maximum absolute atomic E-state index is 12.4. The van der Waals surface area contributed by atoms with E-state index in [1.54, 1.807) is 0 Å². The van der Waals surface area contributed by atoms with E-state index in [1.807, 2.05) is 25.1 Å². The smallest absolute Gasteiger partial charge is 0.179 e. The molecule has 1 aromatic rings. The third kappa shape index (κ3) is 2.79. The second-order valence-corrected chi connectivity index (χ2v) is 5.13. The zero-order valence-electron chi connectivity index (χ0n) is 11.5. The molecule has 1 fully saturated rings. The molecule has 1 saturated heterocycles. The number of Topliss-reactive ketones (excluding diaryl/α,β-unsaturated/α-hetero) is 1. The van der Waals surface area contributed by atoms with Gasteiger partial charge in [-0.1, -0.05) is 12.1 Å². The summed E-state index contributed by atoms with van der Waals surface area (Å²) in [6.07, 6.45) is 0. The molecule has 98 valence electrons. The fourth-order valence-corrected chi connectivity index (χ4v) is 2.37. The molecule has 3 nitrogen and oxygen atoms in total. The molecule has 0 amide bonds. The zero-order valence-corrected chi connectivity index (χ0v) is 11.5. The summed E-state index contributed by atoms with van der Waals surface area (Å²) in [5.74, 6) is 0.236. The van der Waals surface area contributed by atoms with Crippen LogP contribution in [-0.2, 0) is 0 Å². The number of ketones is 1. The highest BCUT2D eigenvalue weighted by molar-refractivity contribution is 6.00. The molecule has 0 spiro atoms. The summed E-state index contributed by atoms with van der Waals surface area (Å²) in [6.45, 7) is 10.0. The maximum atomic E-state index is 12.4. The summed E-state index contributed by atoms with van der Waals surface area (Å²) in [5.41, 5.74) is 3.26. The van der Waals surface area contributed by atoms with Crippen LogP contribution in [0.25, 0.3) is 0 Å². The van der Waals surface area contributed by atoms with E-state index in [1.165, 1.54) is 11.1 Å². The summed E-state index contributed by atoms with van der Waals surface area (Å²) < 4.78 is 0. The molecular formula is C15H22N2O. The predicted molar refractivity (Wildman–Crippen MR) is 74.2 cm³/mol. The molecule has 1 heterocycles. The standard InChI is InChI=1S/C15H22N2O/c1-11-4-5-14(10-12(11)2)15(18)13(3)17-8-6-16-7-9-17/h4-5,10,13,16H,6-9H2,1-3H3. The number of nitrogens with one attached hydrogen (secondary N) is 1. The zero-order chi connectivity index (χ0) is 13.1. The van der Waals surface area contributed by atoms with Crippen LogP contribution in [0.2, 0.25) is 0 Å². The number of piperazine rings is 1. The van der Waals surface area contributed by atoms with Crippen molar-refractivity contribution in [2.45, 2.75) is 26.8 Å². The van der Waals surface area contributed by atoms with Crippen LogP contribution in [0, 0.1) is 13.8 Å². The van der Waals surface area contributed by atoms with Crippen molar-refractivity contribution in [3.8, 4) is 0 Å². The number of benzene rings is 1. The number of aryl methyl sites for hydroxylation is 2. The van der Waals surface area contributed by atoms with Gasteiger partial charge in [0.05, 0.1) is 6.04 Å². The SMILES string of the molecule is Cc1ccc(C(=O)C(C)N2CCNCC2)cc1C. The van der Waals surface area contributed by atoms with Gasteiger partial charge >= 0.3 is 0 Å². The van der Waals surface area contributed by atoms with Crippen LogP contribution in [0.3, 0.4) is 0 Å². The van der Waals surface area contributed by atoms with Crippen LogP contribution < -0.4 is 5.32 Å². The Kier molecular flexibility index (Phi) is 4.15. The molecule has 1 N–H and O–H groups in total. The van der Waals surface area contributed by atoms with Crippen LogP contribution in [0.5, 0.6) is 0 Å². The van der Waals surface area contributed by atoms with Gasteiger partial charge in [-0.05, 0) is 38.0 Å². The van der Waals surface area contributed by atoms with Crippen LogP contribution >= 0.6 is 0 Å². The van der Waals surface area contributed by atoms with E-state index in [-0.39, 0.29) is 11.8 Å². The Balaban J connectivity index is 2.11. The fourth-order valence-electron chi connectivity index (χ4n) is 2.37. The van der Waals surface area contributed by atoms with Crippen molar-refractivity contribution < 1.29 is 4.79 Å². The number of hydrogen-bond donors (Lipinski definition) is 1. The summed E-state index contributed by atoms with van der Waals surface area (Å²) in [6, 6.07) is 5.97. The largest absolute Gasteiger partial charge is 0.314 e. The molecule has 0 saturated carbocycles. The van der Waals surface area contributed by atoms with Crippen molar-refractivity contribution in [2.75, 3.05) is 26.2 Å². The molecular weight excluding hydrogens is 224 g/mol. The minimum Gasteiger partial charge on any atom is -0.314 e. The van der Waals surface area contributed by atoms with E-state index in [0.29, 0.717) is 0 Å². The summed E-state index contributed by atoms with van der Waals surface area (Å²) in [4.78, 5) is 14.7. The van der Waals surface area contributed by atoms with Crippen LogP contribution in [-0.4, -0.2) is 42.9 Å². The molecule has 0 aromatic heterocycles. The first-order chi connectivity index (χ1) is 8.59. The van der Waals surface area contributed by atoms with Crippen LogP contribution in [0.4, 0.5) is 0 Å². The molecule has 1 aliphatic rings. The van der Waals surface area contributed by atoms with Gasteiger partial charge < -0.3 is 5.32 Å². The molecule has 1 aromatic carbocycles. The van der Waals surface area contributed by atoms with Gasteiger partial charge in [0.1, 0.15) is 0 Å². The second kappa shape index (κ2) is 5.63. The van der Waals surface area contributed by atoms with Gasteiger partial charge in [-0.15, -0.1) is 0 Å². The predicted octanol–water partition coefficient (Wildman–Crippen LogP) is 1.78. The molecule has 1 aliphatic heterocycles. The number of nitrogens with zero attached hydrogens (tertiary/aromatic N) is 1. The lowest BCUT2D eigenvalue weighted by molar-refractivity contribution is 0.0820. The number of hydrogen-bond acceptors (Lipinski definition) is 3. The van der Waals surface area contributed by atoms with Crippen molar-refractivity contribution in [1.29, 1.82) is 0 Å². The second-order valence-electron chi connectivity index (χ2n) is 5.13. The van der Waals surface area contributed by atoms with Gasteiger partial charge in [0, 0.05) is 31.7 Å². The molecule has 0 radical (unpaired) electrons. The van der Waals surface area contributed by atoms with Crippen LogP contribution in [0.1, 0.15) is 28.4 Å². The fraction of sp³-hybridized carbons (Fsp3) is 0.533. The minimum atomic E-state index is -0.0193. The van der Waals surface area contributed by atoms with Crippen molar-refractivity contribution >= 4 is 5.78 Å². The molecule has 3 heteroatoms. The van der Waals surface area contributed by atoms with Gasteiger partial charge in [-0.2, -0.15) is 0 Å². The first-order valence-corrected chi connectivity index (χ1v) is 6.66. The van der Waals surface area contributed by atoms with Crippen LogP contribution in [0.15, 0.2) is 18.2 Å². The molecule has 1 atom stereocenters. The van der Waals surface area contributed by atoms with Crippen molar-refractivity contribution in [3.63, 3.8) is 0 Å². The van der Waals surface area contributed by atoms with E-state index in [9.17, 15) is 4.79 Å². The Hall–Kier alpha value is -1.19. The molecule has 0 aliphatic carbocycles. The van der Waals surface area contributed by atoms with E-state index in [2.05, 4.69) is 24.1 Å². The Morgan fingerprint density at radius 3 is 2.50 bits per heavy atom. The summed E-state index contributed by atoms with van der Waals surface area (Å²) >= 11 is 0. The lowest BCUT2D eigenvalue weighted by atomic mass is 9.99. The van der Waals surface area contributed by atoms with E-state index < -0.39 is 0 Å². The van der Waals surface area contributed by atoms with Crippen molar-refractivity contribution in [1.82, 2.24) is 10.2 Å². The average molecular weight is 246 g/mol. The Labute approximate surface area is 109 Å². The van der Waals surface area contributed by atoms with Gasteiger partial charge in [0.25, 0.3) is 0 Å². The quantitative estimate of drug-likeness (QED) is 0.825. The van der Waals surface area contributed by atoms with Crippen molar-refractivity contribution in [2.24, 2.45) is 0 Å². The minimum absolute atomic E-state index is 0.0193. The monoisotopic (exact) mass is 246 g/mol. The first kappa shape index (κ1) is 13.2. The molecule has 2 rings (SSSR count). The highest BCUT2D eigenvalue weighted by atomic mass is 16.1. The first-order valence-electron chi connectivity index (χ1n) is 6.66. The van der Waals surface area contributed by atoms with Gasteiger partial charge in [-0.25, -0.2) is 0 Å². The summed E-state index contributed by atoms with van der Waals surface area (Å²) in [7, 11) is 0. The lowest BCUT2D eigenvalue weighted by Gasteiger charge is -2.31. The Morgan fingerprint density at radius 1 is 1.22 bits per heavy atom. The lowest BCUT2D eigenvalue weighted by Crippen LogP contribution is -2.50. The third-order valence-corrected chi connectivity index (χ3v) is 3.87. The molecule has 0 bridgehead atoms. The number of carbonyl (C=O) groups is 1. The highest BCUT2D eigenvalue weighted by Crippen LogP contribution is 2.14. The van der Waals surface area contributed by atoms with Crippen molar-refractivity contribution in [3.05, 3.63) is 34.9 Å². The topological polar surface area (TPSA) is 32.3 Å². The van der Waals surface area contributed by atoms with E-state index in [0.717, 1.165) is 31.7 Å². The maximum Gasteiger partial charge on any atom is 0.179 e. The van der Waals surface area contributed by atoms with Gasteiger partial charge in [0.2, 0.25) is 0 Å². The average Bonchev–Trinajstić information content (AvgIpc) is 2.41. The molecule has 1 unspecified atom stereocenters. The van der Waals surface area contributed by atoms with E-state index >= 15 is 0 Å². The summed E-state index contributed by atoms with van der Waals surface area (Å²) in [5, 5.41) is 3.31. The highest BCUT2D eigenvalue weighted by Gasteiger charge is 2.23. The third-order valence-electron chi connectivity index (χ3n) is 3.87. The Bertz CT molecular complexity index is 436. The Morgan fingerprint density at radius 2 is 1.89 bits per heavy atom. The van der Waals surface area contributed by atoms with Gasteiger partial charge in [0.15, 0.2) is 5.78 Å². The van der Waals surface area contributed by atoms with E-state index in [4.69, 9.17) is 0 Å². The number of rotatable bonds is 3. The normalized spacial score (nSPS) is 18.6. The molecule has 18 heavy (non-hydrogen) atoms. The number of carbonyl (C=O) groups excluding carboxylic acids is 1. The van der Waals surface area contributed by atoms with Gasteiger partial charge in [-0.3, -0.25) is 9.69 Å².